The molecule has 1 atom stereocenters. The van der Waals surface area contributed by atoms with Gasteiger partial charge in [0, 0.05) is 17.6 Å². The first kappa shape index (κ1) is 22.9. The SMILES string of the molecule is Cc1ccc(C)c(NC(=O)[C@@H](Sc2nc3sc4c(c3c(=O)n2C)CCCC4)c2ccccc2)c1. The second-order valence-electron chi connectivity index (χ2n) is 8.87. The number of benzene rings is 2. The smallest absolute Gasteiger partial charge is 0.262 e. The summed E-state index contributed by atoms with van der Waals surface area (Å²) in [6, 6.07) is 15.7. The van der Waals surface area contributed by atoms with Crippen LogP contribution in [0.25, 0.3) is 10.2 Å². The molecule has 0 aliphatic heterocycles. The van der Waals surface area contributed by atoms with Crippen LogP contribution in [0.3, 0.4) is 0 Å². The Labute approximate surface area is 207 Å². The third-order valence-electron chi connectivity index (χ3n) is 6.37. The molecule has 1 amide bonds. The number of thioether (sulfide) groups is 1. The summed E-state index contributed by atoms with van der Waals surface area (Å²) in [6.45, 7) is 3.99. The molecule has 4 aromatic rings. The molecule has 0 spiro atoms. The number of anilines is 1. The predicted octanol–water partition coefficient (Wildman–Crippen LogP) is 5.96. The topological polar surface area (TPSA) is 64.0 Å². The molecule has 0 bridgehead atoms. The van der Waals surface area contributed by atoms with Crippen molar-refractivity contribution in [3.8, 4) is 0 Å². The van der Waals surface area contributed by atoms with Gasteiger partial charge in [-0.25, -0.2) is 4.98 Å². The standard InChI is InChI=1S/C27H27N3O2S2/c1-16-13-14-17(2)20(15-16)28-24(31)23(18-9-5-4-6-10-18)34-27-29-25-22(26(32)30(27)3)19-11-7-8-12-21(19)33-25/h4-6,9-10,13-15,23H,7-8,11-12H2,1-3H3,(H,28,31)/t23-/m0/s1. The van der Waals surface area contributed by atoms with Crippen molar-refractivity contribution in [1.29, 1.82) is 0 Å². The second kappa shape index (κ2) is 9.39. The van der Waals surface area contributed by atoms with Crippen LogP contribution in [0, 0.1) is 13.8 Å². The summed E-state index contributed by atoms with van der Waals surface area (Å²) in [7, 11) is 1.76. The zero-order chi connectivity index (χ0) is 23.8. The van der Waals surface area contributed by atoms with Crippen molar-refractivity contribution in [3.63, 3.8) is 0 Å². The van der Waals surface area contributed by atoms with Crippen LogP contribution in [0.1, 0.15) is 45.2 Å². The number of hydrogen-bond acceptors (Lipinski definition) is 5. The summed E-state index contributed by atoms with van der Waals surface area (Å²) >= 11 is 2.96. The molecule has 1 N–H and O–H groups in total. The van der Waals surface area contributed by atoms with E-state index in [9.17, 15) is 9.59 Å². The van der Waals surface area contributed by atoms with E-state index in [0.717, 1.165) is 58.3 Å². The highest BCUT2D eigenvalue weighted by Gasteiger charge is 2.27. The number of carbonyl (C=O) groups is 1. The van der Waals surface area contributed by atoms with E-state index in [2.05, 4.69) is 5.32 Å². The molecule has 34 heavy (non-hydrogen) atoms. The Bertz CT molecular complexity index is 1440. The Kier molecular flexibility index (Phi) is 6.32. The molecule has 1 aliphatic carbocycles. The van der Waals surface area contributed by atoms with Gasteiger partial charge in [0.2, 0.25) is 5.91 Å². The first-order valence-corrected chi connectivity index (χ1v) is 13.2. The fourth-order valence-corrected chi connectivity index (χ4v) is 6.81. The number of thiophene rings is 1. The fourth-order valence-electron chi connectivity index (χ4n) is 4.45. The minimum Gasteiger partial charge on any atom is -0.325 e. The second-order valence-corrected chi connectivity index (χ2v) is 11.0. The van der Waals surface area contributed by atoms with Gasteiger partial charge in [-0.2, -0.15) is 0 Å². The molecule has 0 saturated heterocycles. The minimum absolute atomic E-state index is 0.0198. The van der Waals surface area contributed by atoms with Crippen LogP contribution in [-0.4, -0.2) is 15.5 Å². The molecular formula is C27H27N3O2S2. The molecule has 1 aliphatic rings. The van der Waals surface area contributed by atoms with Crippen LogP contribution >= 0.6 is 23.1 Å². The molecule has 0 unspecified atom stereocenters. The van der Waals surface area contributed by atoms with E-state index in [1.54, 1.807) is 23.0 Å². The van der Waals surface area contributed by atoms with E-state index >= 15 is 0 Å². The summed E-state index contributed by atoms with van der Waals surface area (Å²) in [6.07, 6.45) is 4.25. The zero-order valence-corrected chi connectivity index (χ0v) is 21.2. The minimum atomic E-state index is -0.550. The van der Waals surface area contributed by atoms with E-state index in [4.69, 9.17) is 4.98 Å². The number of aryl methyl sites for hydroxylation is 4. The highest BCUT2D eigenvalue weighted by Crippen LogP contribution is 2.38. The highest BCUT2D eigenvalue weighted by molar-refractivity contribution is 8.00. The van der Waals surface area contributed by atoms with Gasteiger partial charge in [-0.15, -0.1) is 11.3 Å². The molecule has 5 rings (SSSR count). The summed E-state index contributed by atoms with van der Waals surface area (Å²) in [5.74, 6) is -0.135. The van der Waals surface area contributed by atoms with Crippen molar-refractivity contribution in [2.75, 3.05) is 5.32 Å². The van der Waals surface area contributed by atoms with Crippen molar-refractivity contribution in [1.82, 2.24) is 9.55 Å². The van der Waals surface area contributed by atoms with Gasteiger partial charge in [0.25, 0.3) is 5.56 Å². The lowest BCUT2D eigenvalue weighted by atomic mass is 9.97. The number of hydrogen-bond donors (Lipinski definition) is 1. The normalized spacial score (nSPS) is 14.1. The van der Waals surface area contributed by atoms with Gasteiger partial charge < -0.3 is 5.32 Å². The van der Waals surface area contributed by atoms with Crippen molar-refractivity contribution >= 4 is 44.9 Å². The third kappa shape index (κ3) is 4.30. The quantitative estimate of drug-likeness (QED) is 0.277. The summed E-state index contributed by atoms with van der Waals surface area (Å²) in [5.41, 5.74) is 4.93. The average molecular weight is 490 g/mol. The number of amides is 1. The fraction of sp³-hybridized carbons (Fsp3) is 0.296. The Morgan fingerprint density at radius 3 is 2.68 bits per heavy atom. The van der Waals surface area contributed by atoms with E-state index in [1.807, 2.05) is 62.4 Å². The molecule has 0 fully saturated rings. The van der Waals surface area contributed by atoms with Crippen LogP contribution in [0.15, 0.2) is 58.5 Å². The Morgan fingerprint density at radius 2 is 1.88 bits per heavy atom. The Hall–Kier alpha value is -2.90. The molecule has 2 aromatic heterocycles. The van der Waals surface area contributed by atoms with Crippen LogP contribution in [0.2, 0.25) is 0 Å². The maximum Gasteiger partial charge on any atom is 0.262 e. The van der Waals surface area contributed by atoms with Gasteiger partial charge in [-0.1, -0.05) is 54.2 Å². The monoisotopic (exact) mass is 489 g/mol. The van der Waals surface area contributed by atoms with E-state index < -0.39 is 5.25 Å². The van der Waals surface area contributed by atoms with Gasteiger partial charge in [0.15, 0.2) is 5.16 Å². The van der Waals surface area contributed by atoms with Crippen molar-refractivity contribution in [2.24, 2.45) is 7.05 Å². The maximum atomic E-state index is 13.6. The number of fused-ring (bicyclic) bond motifs is 3. The Morgan fingerprint density at radius 1 is 1.12 bits per heavy atom. The third-order valence-corrected chi connectivity index (χ3v) is 8.85. The molecule has 0 radical (unpaired) electrons. The van der Waals surface area contributed by atoms with Gasteiger partial charge in [0.1, 0.15) is 10.1 Å². The van der Waals surface area contributed by atoms with Crippen molar-refractivity contribution in [2.45, 2.75) is 49.9 Å². The molecule has 5 nitrogen and oxygen atoms in total. The van der Waals surface area contributed by atoms with Crippen LogP contribution in [0.5, 0.6) is 0 Å². The summed E-state index contributed by atoms with van der Waals surface area (Å²) in [4.78, 5) is 33.9. The Balaban J connectivity index is 1.54. The van der Waals surface area contributed by atoms with Crippen LogP contribution < -0.4 is 10.9 Å². The molecule has 2 heterocycles. The van der Waals surface area contributed by atoms with E-state index in [0.29, 0.717) is 5.16 Å². The van der Waals surface area contributed by atoms with Crippen molar-refractivity contribution in [3.05, 3.63) is 86.0 Å². The van der Waals surface area contributed by atoms with Gasteiger partial charge in [-0.05, 0) is 67.9 Å². The highest BCUT2D eigenvalue weighted by atomic mass is 32.2. The summed E-state index contributed by atoms with van der Waals surface area (Å²) < 4.78 is 1.61. The van der Waals surface area contributed by atoms with E-state index in [1.165, 1.54) is 22.2 Å². The van der Waals surface area contributed by atoms with Crippen molar-refractivity contribution < 1.29 is 4.79 Å². The van der Waals surface area contributed by atoms with E-state index in [-0.39, 0.29) is 11.5 Å². The average Bonchev–Trinajstić information content (AvgIpc) is 3.21. The van der Waals surface area contributed by atoms with Crippen LogP contribution in [0.4, 0.5) is 5.69 Å². The lowest BCUT2D eigenvalue weighted by molar-refractivity contribution is -0.115. The number of nitrogens with one attached hydrogen (secondary N) is 1. The molecule has 174 valence electrons. The van der Waals surface area contributed by atoms with Gasteiger partial charge in [-0.3, -0.25) is 14.2 Å². The predicted molar refractivity (Wildman–Crippen MR) is 141 cm³/mol. The molecule has 2 aromatic carbocycles. The van der Waals surface area contributed by atoms with Gasteiger partial charge in [0.05, 0.1) is 5.39 Å². The summed E-state index contributed by atoms with van der Waals surface area (Å²) in [5, 5.41) is 3.88. The molecule has 0 saturated carbocycles. The first-order chi connectivity index (χ1) is 16.4. The lowest BCUT2D eigenvalue weighted by Gasteiger charge is -2.19. The zero-order valence-electron chi connectivity index (χ0n) is 19.6. The molecular weight excluding hydrogens is 462 g/mol. The number of carbonyl (C=O) groups excluding carboxylic acids is 1. The van der Waals surface area contributed by atoms with Crippen LogP contribution in [-0.2, 0) is 24.7 Å². The maximum absolute atomic E-state index is 13.6. The largest absolute Gasteiger partial charge is 0.325 e. The lowest BCUT2D eigenvalue weighted by Crippen LogP contribution is -2.23. The first-order valence-electron chi connectivity index (χ1n) is 11.5. The number of rotatable bonds is 5. The van der Waals surface area contributed by atoms with Gasteiger partial charge >= 0.3 is 0 Å². The molecule has 7 heteroatoms. The number of nitrogens with zero attached hydrogens (tertiary/aromatic N) is 2. The number of aromatic nitrogens is 2.